The summed E-state index contributed by atoms with van der Waals surface area (Å²) in [5.74, 6) is 0.356. The monoisotopic (exact) mass is 164 g/mol. The van der Waals surface area contributed by atoms with Crippen molar-refractivity contribution in [3.05, 3.63) is 29.8 Å². The van der Waals surface area contributed by atoms with Crippen LogP contribution in [0.2, 0.25) is 0 Å². The van der Waals surface area contributed by atoms with Gasteiger partial charge in [0.05, 0.1) is 0 Å². The molecule has 1 aromatic rings. The highest BCUT2D eigenvalue weighted by Gasteiger charge is 2.17. The first-order valence-electron chi connectivity index (χ1n) is 4.36. The van der Waals surface area contributed by atoms with Crippen molar-refractivity contribution in [2.75, 3.05) is 0 Å². The quantitative estimate of drug-likeness (QED) is 0.712. The summed E-state index contributed by atoms with van der Waals surface area (Å²) in [5.41, 5.74) is 1.36. The molecule has 1 heteroatoms. The number of rotatable bonds is 2. The van der Waals surface area contributed by atoms with Crippen LogP contribution < -0.4 is 0 Å². The summed E-state index contributed by atoms with van der Waals surface area (Å²) in [6, 6.07) is 7.49. The van der Waals surface area contributed by atoms with Crippen LogP contribution in [0.1, 0.15) is 32.8 Å². The van der Waals surface area contributed by atoms with Crippen molar-refractivity contribution in [3.63, 3.8) is 0 Å². The molecule has 0 aromatic heterocycles. The van der Waals surface area contributed by atoms with Gasteiger partial charge >= 0.3 is 0 Å². The Morgan fingerprint density at radius 2 is 2.00 bits per heavy atom. The SMILES string of the molecule is CCC(C)(C)c1cccc(O)c1. The standard InChI is InChI=1S/C11H16O/c1-4-11(2,3)9-6-5-7-10(12)8-9/h5-8,12H,4H2,1-3H3. The van der Waals surface area contributed by atoms with Crippen LogP contribution in [0.15, 0.2) is 24.3 Å². The summed E-state index contributed by atoms with van der Waals surface area (Å²) in [6.45, 7) is 6.52. The van der Waals surface area contributed by atoms with E-state index in [1.54, 1.807) is 6.07 Å². The van der Waals surface area contributed by atoms with Crippen LogP contribution in [-0.4, -0.2) is 5.11 Å². The van der Waals surface area contributed by atoms with Crippen LogP contribution in [0.3, 0.4) is 0 Å². The predicted octanol–water partition coefficient (Wildman–Crippen LogP) is 3.08. The van der Waals surface area contributed by atoms with Crippen molar-refractivity contribution in [1.29, 1.82) is 0 Å². The van der Waals surface area contributed by atoms with Crippen molar-refractivity contribution in [2.24, 2.45) is 0 Å². The first-order valence-corrected chi connectivity index (χ1v) is 4.36. The average Bonchev–Trinajstić information content (AvgIpc) is 2.05. The van der Waals surface area contributed by atoms with Crippen LogP contribution >= 0.6 is 0 Å². The fraction of sp³-hybridized carbons (Fsp3) is 0.455. The topological polar surface area (TPSA) is 20.2 Å². The lowest BCUT2D eigenvalue weighted by Gasteiger charge is -2.23. The summed E-state index contributed by atoms with van der Waals surface area (Å²) < 4.78 is 0. The van der Waals surface area contributed by atoms with E-state index in [-0.39, 0.29) is 5.41 Å². The molecule has 0 atom stereocenters. The molecule has 1 N–H and O–H groups in total. The molecule has 0 heterocycles. The van der Waals surface area contributed by atoms with Crippen LogP contribution in [0.25, 0.3) is 0 Å². The molecule has 0 bridgehead atoms. The lowest BCUT2D eigenvalue weighted by molar-refractivity contribution is 0.464. The minimum absolute atomic E-state index is 0.165. The Labute approximate surface area is 74.1 Å². The minimum atomic E-state index is 0.165. The van der Waals surface area contributed by atoms with Crippen LogP contribution in [0.5, 0.6) is 5.75 Å². The average molecular weight is 164 g/mol. The first kappa shape index (κ1) is 9.11. The van der Waals surface area contributed by atoms with E-state index < -0.39 is 0 Å². The third kappa shape index (κ3) is 1.79. The second kappa shape index (κ2) is 3.18. The van der Waals surface area contributed by atoms with Gasteiger partial charge in [0.25, 0.3) is 0 Å². The van der Waals surface area contributed by atoms with Gasteiger partial charge in [-0.3, -0.25) is 0 Å². The van der Waals surface area contributed by atoms with E-state index in [0.717, 1.165) is 6.42 Å². The van der Waals surface area contributed by atoms with Crippen molar-refractivity contribution < 1.29 is 5.11 Å². The molecular weight excluding hydrogens is 148 g/mol. The third-order valence-corrected chi connectivity index (χ3v) is 2.51. The predicted molar refractivity (Wildman–Crippen MR) is 51.4 cm³/mol. The largest absolute Gasteiger partial charge is 0.508 e. The van der Waals surface area contributed by atoms with Crippen LogP contribution in [-0.2, 0) is 5.41 Å². The first-order chi connectivity index (χ1) is 5.56. The van der Waals surface area contributed by atoms with Crippen LogP contribution in [0.4, 0.5) is 0 Å². The summed E-state index contributed by atoms with van der Waals surface area (Å²) in [7, 11) is 0. The lowest BCUT2D eigenvalue weighted by Crippen LogP contribution is -2.14. The third-order valence-electron chi connectivity index (χ3n) is 2.51. The fourth-order valence-corrected chi connectivity index (χ4v) is 1.13. The molecular formula is C11H16O. The molecule has 0 radical (unpaired) electrons. The van der Waals surface area contributed by atoms with Crippen LogP contribution in [0, 0.1) is 0 Å². The van der Waals surface area contributed by atoms with E-state index in [4.69, 9.17) is 0 Å². The zero-order valence-electron chi connectivity index (χ0n) is 7.96. The maximum absolute atomic E-state index is 9.27. The summed E-state index contributed by atoms with van der Waals surface area (Å²) in [6.07, 6.45) is 1.08. The second-order valence-corrected chi connectivity index (χ2v) is 3.79. The van der Waals surface area contributed by atoms with Gasteiger partial charge in [0.2, 0.25) is 0 Å². The Hall–Kier alpha value is -0.980. The van der Waals surface area contributed by atoms with Gasteiger partial charge in [0, 0.05) is 0 Å². The number of phenolic OH excluding ortho intramolecular Hbond substituents is 1. The van der Waals surface area contributed by atoms with Gasteiger partial charge < -0.3 is 5.11 Å². The van der Waals surface area contributed by atoms with Gasteiger partial charge in [-0.15, -0.1) is 0 Å². The molecule has 0 aliphatic carbocycles. The molecule has 66 valence electrons. The second-order valence-electron chi connectivity index (χ2n) is 3.79. The molecule has 0 aliphatic rings. The van der Waals surface area contributed by atoms with Gasteiger partial charge in [-0.05, 0) is 29.5 Å². The van der Waals surface area contributed by atoms with Crippen molar-refractivity contribution in [1.82, 2.24) is 0 Å². The molecule has 0 unspecified atom stereocenters. The molecule has 0 spiro atoms. The highest BCUT2D eigenvalue weighted by atomic mass is 16.3. The molecule has 0 aliphatic heterocycles. The zero-order chi connectivity index (χ0) is 9.19. The van der Waals surface area contributed by atoms with Crippen molar-refractivity contribution in [3.8, 4) is 5.75 Å². The van der Waals surface area contributed by atoms with E-state index in [9.17, 15) is 5.11 Å². The molecule has 1 nitrogen and oxygen atoms in total. The van der Waals surface area contributed by atoms with Crippen molar-refractivity contribution in [2.45, 2.75) is 32.6 Å². The normalized spacial score (nSPS) is 11.6. The number of hydrogen-bond donors (Lipinski definition) is 1. The van der Waals surface area contributed by atoms with E-state index in [2.05, 4.69) is 26.8 Å². The van der Waals surface area contributed by atoms with E-state index in [1.165, 1.54) is 5.56 Å². The maximum Gasteiger partial charge on any atom is 0.115 e. The Kier molecular flexibility index (Phi) is 2.41. The summed E-state index contributed by atoms with van der Waals surface area (Å²) in [4.78, 5) is 0. The van der Waals surface area contributed by atoms with Gasteiger partial charge in [-0.1, -0.05) is 32.9 Å². The Bertz CT molecular complexity index is 263. The van der Waals surface area contributed by atoms with Gasteiger partial charge in [0.1, 0.15) is 5.75 Å². The molecule has 0 saturated heterocycles. The molecule has 1 aromatic carbocycles. The van der Waals surface area contributed by atoms with Gasteiger partial charge in [-0.25, -0.2) is 0 Å². The molecule has 0 saturated carbocycles. The summed E-state index contributed by atoms with van der Waals surface area (Å²) >= 11 is 0. The lowest BCUT2D eigenvalue weighted by atomic mass is 9.82. The van der Waals surface area contributed by atoms with E-state index in [1.807, 2.05) is 12.1 Å². The Balaban J connectivity index is 3.03. The van der Waals surface area contributed by atoms with E-state index >= 15 is 0 Å². The van der Waals surface area contributed by atoms with E-state index in [0.29, 0.717) is 5.75 Å². The molecule has 0 amide bonds. The fourth-order valence-electron chi connectivity index (χ4n) is 1.13. The molecule has 12 heavy (non-hydrogen) atoms. The molecule has 0 fully saturated rings. The Morgan fingerprint density at radius 1 is 1.33 bits per heavy atom. The zero-order valence-corrected chi connectivity index (χ0v) is 7.96. The van der Waals surface area contributed by atoms with Gasteiger partial charge in [-0.2, -0.15) is 0 Å². The number of hydrogen-bond acceptors (Lipinski definition) is 1. The minimum Gasteiger partial charge on any atom is -0.508 e. The van der Waals surface area contributed by atoms with Gasteiger partial charge in [0.15, 0.2) is 0 Å². The van der Waals surface area contributed by atoms with Crippen molar-refractivity contribution >= 4 is 0 Å². The molecule has 1 rings (SSSR count). The number of aromatic hydroxyl groups is 1. The highest BCUT2D eigenvalue weighted by molar-refractivity contribution is 5.31. The number of benzene rings is 1. The number of phenols is 1. The highest BCUT2D eigenvalue weighted by Crippen LogP contribution is 2.28. The smallest absolute Gasteiger partial charge is 0.115 e. The summed E-state index contributed by atoms with van der Waals surface area (Å²) in [5, 5.41) is 9.27. The maximum atomic E-state index is 9.27. The Morgan fingerprint density at radius 3 is 2.50 bits per heavy atom.